The van der Waals surface area contributed by atoms with Crippen LogP contribution in [0.4, 0.5) is 5.69 Å². The molecule has 5 heteroatoms. The van der Waals surface area contributed by atoms with Crippen LogP contribution in [0, 0.1) is 6.92 Å². The van der Waals surface area contributed by atoms with Crippen molar-refractivity contribution >= 4 is 39.1 Å². The molecule has 15 heavy (non-hydrogen) atoms. The van der Waals surface area contributed by atoms with Crippen molar-refractivity contribution in [3.8, 4) is 0 Å². The number of hydrogen-bond donors (Lipinski definition) is 0. The molecule has 0 saturated carbocycles. The van der Waals surface area contributed by atoms with Gasteiger partial charge in [0.2, 0.25) is 5.91 Å². The molecule has 1 atom stereocenters. The smallest absolute Gasteiger partial charge is 0.228 e. The number of aryl methyl sites for hydroxylation is 1. The van der Waals surface area contributed by atoms with Gasteiger partial charge in [-0.1, -0.05) is 0 Å². The maximum absolute atomic E-state index is 11.6. The first-order valence-electron chi connectivity index (χ1n) is 4.65. The van der Waals surface area contributed by atoms with Gasteiger partial charge in [0.05, 0.1) is 16.8 Å². The van der Waals surface area contributed by atoms with Crippen molar-refractivity contribution in [2.24, 2.45) is 0 Å². The number of aromatic nitrogens is 1. The maximum atomic E-state index is 11.6. The van der Waals surface area contributed by atoms with Crippen LogP contribution in [0.5, 0.6) is 0 Å². The molecule has 0 bridgehead atoms. The average Bonchev–Trinajstić information content (AvgIpc) is 2.45. The van der Waals surface area contributed by atoms with E-state index in [9.17, 15) is 4.79 Å². The Labute approximate surface area is 102 Å². The van der Waals surface area contributed by atoms with Crippen LogP contribution in [0.1, 0.15) is 12.1 Å². The molecule has 1 fully saturated rings. The highest BCUT2D eigenvalue weighted by molar-refractivity contribution is 9.10. The molecule has 1 saturated heterocycles. The first kappa shape index (κ1) is 10.9. The first-order valence-corrected chi connectivity index (χ1v) is 5.88. The zero-order valence-corrected chi connectivity index (χ0v) is 10.5. The first-order chi connectivity index (χ1) is 7.08. The number of pyridine rings is 1. The van der Waals surface area contributed by atoms with E-state index in [0.717, 1.165) is 16.0 Å². The monoisotopic (exact) mass is 288 g/mol. The molecule has 0 radical (unpaired) electrons. The summed E-state index contributed by atoms with van der Waals surface area (Å²) in [5.74, 6) is 0.0715. The quantitative estimate of drug-likeness (QED) is 0.588. The lowest BCUT2D eigenvalue weighted by molar-refractivity contribution is -0.117. The minimum Gasteiger partial charge on any atom is -0.309 e. The van der Waals surface area contributed by atoms with Gasteiger partial charge in [-0.3, -0.25) is 4.79 Å². The van der Waals surface area contributed by atoms with E-state index in [2.05, 4.69) is 20.9 Å². The van der Waals surface area contributed by atoms with Gasteiger partial charge in [0.1, 0.15) is 4.60 Å². The van der Waals surface area contributed by atoms with Crippen LogP contribution >= 0.6 is 27.5 Å². The highest BCUT2D eigenvalue weighted by Crippen LogP contribution is 2.27. The molecule has 0 N–H and O–H groups in total. The fourth-order valence-electron chi connectivity index (χ4n) is 1.71. The standard InChI is InChI=1S/C10H10BrClN2O/c1-6-8(2-3-9(11)13-6)14-5-7(12)4-10(14)15/h2-3,7H,4-5H2,1H3. The third kappa shape index (κ3) is 2.16. The summed E-state index contributed by atoms with van der Waals surface area (Å²) in [5, 5.41) is -0.0828. The highest BCUT2D eigenvalue weighted by Gasteiger charge is 2.30. The van der Waals surface area contributed by atoms with Crippen molar-refractivity contribution in [3.05, 3.63) is 22.4 Å². The summed E-state index contributed by atoms with van der Waals surface area (Å²) in [6.45, 7) is 2.46. The van der Waals surface area contributed by atoms with E-state index in [0.29, 0.717) is 13.0 Å². The Morgan fingerprint density at radius 1 is 1.60 bits per heavy atom. The number of nitrogens with zero attached hydrogens (tertiary/aromatic N) is 2. The Morgan fingerprint density at radius 2 is 2.33 bits per heavy atom. The normalized spacial score (nSPS) is 21.1. The molecule has 0 aromatic carbocycles. The molecule has 1 aromatic heterocycles. The summed E-state index contributed by atoms with van der Waals surface area (Å²) < 4.78 is 0.776. The molecule has 2 heterocycles. The second kappa shape index (κ2) is 4.10. The third-order valence-corrected chi connectivity index (χ3v) is 3.13. The summed E-state index contributed by atoms with van der Waals surface area (Å²) >= 11 is 9.23. The predicted molar refractivity (Wildman–Crippen MR) is 63.3 cm³/mol. The van der Waals surface area contributed by atoms with Crippen molar-refractivity contribution in [1.29, 1.82) is 0 Å². The van der Waals surface area contributed by atoms with Crippen molar-refractivity contribution in [2.75, 3.05) is 11.4 Å². The molecule has 0 spiro atoms. The van der Waals surface area contributed by atoms with Crippen LogP contribution < -0.4 is 4.90 Å². The zero-order valence-electron chi connectivity index (χ0n) is 8.20. The molecule has 80 valence electrons. The summed E-state index contributed by atoms with van der Waals surface area (Å²) in [7, 11) is 0. The molecular formula is C10H10BrClN2O. The lowest BCUT2D eigenvalue weighted by Crippen LogP contribution is -2.25. The molecule has 2 rings (SSSR count). The molecule has 3 nitrogen and oxygen atoms in total. The largest absolute Gasteiger partial charge is 0.309 e. The summed E-state index contributed by atoms with van der Waals surface area (Å²) in [6.07, 6.45) is 0.414. The predicted octanol–water partition coefficient (Wildman–Crippen LogP) is 2.50. The number of amides is 1. The Bertz CT molecular complexity index is 410. The van der Waals surface area contributed by atoms with E-state index in [4.69, 9.17) is 11.6 Å². The number of carbonyl (C=O) groups excluding carboxylic acids is 1. The van der Waals surface area contributed by atoms with Gasteiger partial charge in [0, 0.05) is 13.0 Å². The van der Waals surface area contributed by atoms with Crippen molar-refractivity contribution in [1.82, 2.24) is 4.98 Å². The van der Waals surface area contributed by atoms with Gasteiger partial charge >= 0.3 is 0 Å². The number of anilines is 1. The Morgan fingerprint density at radius 3 is 2.87 bits per heavy atom. The van der Waals surface area contributed by atoms with Crippen molar-refractivity contribution in [3.63, 3.8) is 0 Å². The SMILES string of the molecule is Cc1nc(Br)ccc1N1CC(Cl)CC1=O. The lowest BCUT2D eigenvalue weighted by Gasteiger charge is -2.17. The lowest BCUT2D eigenvalue weighted by atomic mass is 10.3. The second-order valence-electron chi connectivity index (χ2n) is 3.54. The van der Waals surface area contributed by atoms with Gasteiger partial charge in [-0.25, -0.2) is 4.98 Å². The van der Waals surface area contributed by atoms with E-state index in [1.807, 2.05) is 19.1 Å². The molecule has 1 aliphatic heterocycles. The van der Waals surface area contributed by atoms with Crippen LogP contribution in [-0.2, 0) is 4.79 Å². The van der Waals surface area contributed by atoms with E-state index in [1.54, 1.807) is 4.90 Å². The van der Waals surface area contributed by atoms with Crippen molar-refractivity contribution in [2.45, 2.75) is 18.7 Å². The molecule has 1 aromatic rings. The van der Waals surface area contributed by atoms with Crippen LogP contribution in [0.3, 0.4) is 0 Å². The van der Waals surface area contributed by atoms with E-state index < -0.39 is 0 Å². The molecule has 1 amide bonds. The minimum atomic E-state index is -0.0828. The molecular weight excluding hydrogens is 279 g/mol. The van der Waals surface area contributed by atoms with Crippen LogP contribution in [0.15, 0.2) is 16.7 Å². The molecule has 1 unspecified atom stereocenters. The van der Waals surface area contributed by atoms with Crippen LogP contribution in [-0.4, -0.2) is 22.8 Å². The van der Waals surface area contributed by atoms with E-state index in [1.165, 1.54) is 0 Å². The summed E-state index contributed by atoms with van der Waals surface area (Å²) in [6, 6.07) is 3.72. The second-order valence-corrected chi connectivity index (χ2v) is 4.97. The highest BCUT2D eigenvalue weighted by atomic mass is 79.9. The van der Waals surface area contributed by atoms with Crippen molar-refractivity contribution < 1.29 is 4.79 Å². The number of rotatable bonds is 1. The minimum absolute atomic E-state index is 0.0715. The Kier molecular flexibility index (Phi) is 2.98. The maximum Gasteiger partial charge on any atom is 0.228 e. The average molecular weight is 290 g/mol. The van der Waals surface area contributed by atoms with E-state index >= 15 is 0 Å². The zero-order chi connectivity index (χ0) is 11.0. The van der Waals surface area contributed by atoms with Gasteiger partial charge in [0.15, 0.2) is 0 Å². The molecule has 0 aliphatic carbocycles. The fraction of sp³-hybridized carbons (Fsp3) is 0.400. The number of carbonyl (C=O) groups is 1. The summed E-state index contributed by atoms with van der Waals surface area (Å²) in [4.78, 5) is 17.6. The third-order valence-electron chi connectivity index (χ3n) is 2.39. The van der Waals surface area contributed by atoms with Gasteiger partial charge in [-0.15, -0.1) is 11.6 Å². The van der Waals surface area contributed by atoms with Crippen LogP contribution in [0.2, 0.25) is 0 Å². The van der Waals surface area contributed by atoms with Gasteiger partial charge in [0.25, 0.3) is 0 Å². The topological polar surface area (TPSA) is 33.2 Å². The Hall–Kier alpha value is -0.610. The van der Waals surface area contributed by atoms with Crippen LogP contribution in [0.25, 0.3) is 0 Å². The number of alkyl halides is 1. The summed E-state index contributed by atoms with van der Waals surface area (Å²) in [5.41, 5.74) is 1.69. The number of halogens is 2. The van der Waals surface area contributed by atoms with Gasteiger partial charge < -0.3 is 4.90 Å². The molecule has 1 aliphatic rings. The van der Waals surface area contributed by atoms with Gasteiger partial charge in [-0.05, 0) is 35.0 Å². The Balaban J connectivity index is 2.34. The number of hydrogen-bond acceptors (Lipinski definition) is 2. The fourth-order valence-corrected chi connectivity index (χ4v) is 2.37. The van der Waals surface area contributed by atoms with Gasteiger partial charge in [-0.2, -0.15) is 0 Å². The van der Waals surface area contributed by atoms with E-state index in [-0.39, 0.29) is 11.3 Å².